The van der Waals surface area contributed by atoms with E-state index in [-0.39, 0.29) is 18.4 Å². The third kappa shape index (κ3) is 2.53. The molecule has 1 unspecified atom stereocenters. The van der Waals surface area contributed by atoms with Crippen molar-refractivity contribution in [3.8, 4) is 11.3 Å². The molecule has 6 heteroatoms. The lowest BCUT2D eigenvalue weighted by Gasteiger charge is -2.19. The van der Waals surface area contributed by atoms with E-state index in [1.54, 1.807) is 19.2 Å². The first kappa shape index (κ1) is 14.8. The van der Waals surface area contributed by atoms with Crippen LogP contribution in [0.15, 0.2) is 30.3 Å². The lowest BCUT2D eigenvalue weighted by molar-refractivity contribution is -0.123. The minimum Gasteiger partial charge on any atom is -0.390 e. The SMILES string of the molecule is CNC(=O)C1C=Cc2nc(-c3ccc(Cl)cc3)c(CO)n2C1. The minimum absolute atomic E-state index is 0.0486. The van der Waals surface area contributed by atoms with E-state index in [0.717, 1.165) is 17.1 Å². The summed E-state index contributed by atoms with van der Waals surface area (Å²) in [6.45, 7) is 0.335. The molecule has 2 aromatic rings. The van der Waals surface area contributed by atoms with Crippen LogP contribution in [0.2, 0.25) is 5.02 Å². The summed E-state index contributed by atoms with van der Waals surface area (Å²) in [7, 11) is 1.62. The Morgan fingerprint density at radius 3 is 2.82 bits per heavy atom. The van der Waals surface area contributed by atoms with Crippen molar-refractivity contribution in [2.75, 3.05) is 7.05 Å². The van der Waals surface area contributed by atoms with Crippen molar-refractivity contribution in [1.29, 1.82) is 0 Å². The fourth-order valence-electron chi connectivity index (χ4n) is 2.65. The fraction of sp³-hybridized carbons (Fsp3) is 0.250. The first-order chi connectivity index (χ1) is 10.6. The molecule has 5 nitrogen and oxygen atoms in total. The second-order valence-corrected chi connectivity index (χ2v) is 5.56. The van der Waals surface area contributed by atoms with Crippen LogP contribution in [-0.4, -0.2) is 27.6 Å². The van der Waals surface area contributed by atoms with E-state index in [2.05, 4.69) is 10.3 Å². The molecule has 1 atom stereocenters. The molecule has 0 aliphatic carbocycles. The zero-order valence-corrected chi connectivity index (χ0v) is 12.8. The topological polar surface area (TPSA) is 67.2 Å². The molecule has 0 bridgehead atoms. The molecular formula is C16H16ClN3O2. The van der Waals surface area contributed by atoms with Crippen LogP contribution in [0.3, 0.4) is 0 Å². The van der Waals surface area contributed by atoms with Gasteiger partial charge in [-0.05, 0) is 18.2 Å². The number of carbonyl (C=O) groups excluding carboxylic acids is 1. The second-order valence-electron chi connectivity index (χ2n) is 5.12. The first-order valence-corrected chi connectivity index (χ1v) is 7.38. The summed E-state index contributed by atoms with van der Waals surface area (Å²) < 4.78 is 1.89. The Morgan fingerprint density at radius 2 is 2.18 bits per heavy atom. The molecule has 114 valence electrons. The molecule has 1 aromatic heterocycles. The number of rotatable bonds is 3. The largest absolute Gasteiger partial charge is 0.390 e. The van der Waals surface area contributed by atoms with Crippen LogP contribution in [0.5, 0.6) is 0 Å². The van der Waals surface area contributed by atoms with Gasteiger partial charge in [-0.25, -0.2) is 4.98 Å². The molecule has 1 amide bonds. The molecule has 3 rings (SSSR count). The fourth-order valence-corrected chi connectivity index (χ4v) is 2.78. The molecule has 0 saturated heterocycles. The second kappa shape index (κ2) is 5.94. The summed E-state index contributed by atoms with van der Waals surface area (Å²) in [5.41, 5.74) is 2.31. The number of aromatic nitrogens is 2. The number of nitrogens with zero attached hydrogens (tertiary/aromatic N) is 2. The normalized spacial score (nSPS) is 16.4. The predicted molar refractivity (Wildman–Crippen MR) is 85.2 cm³/mol. The van der Waals surface area contributed by atoms with Gasteiger partial charge in [-0.15, -0.1) is 0 Å². The summed E-state index contributed by atoms with van der Waals surface area (Å²) in [6, 6.07) is 7.32. The summed E-state index contributed by atoms with van der Waals surface area (Å²) in [5, 5.41) is 13.0. The van der Waals surface area contributed by atoms with Gasteiger partial charge in [0.15, 0.2) is 0 Å². The van der Waals surface area contributed by atoms with Crippen LogP contribution in [0.25, 0.3) is 17.3 Å². The molecular weight excluding hydrogens is 302 g/mol. The highest BCUT2D eigenvalue weighted by molar-refractivity contribution is 6.30. The van der Waals surface area contributed by atoms with Gasteiger partial charge >= 0.3 is 0 Å². The molecule has 1 aliphatic heterocycles. The average Bonchev–Trinajstić information content (AvgIpc) is 2.92. The first-order valence-electron chi connectivity index (χ1n) is 7.00. The molecule has 22 heavy (non-hydrogen) atoms. The van der Waals surface area contributed by atoms with Crippen molar-refractivity contribution < 1.29 is 9.90 Å². The number of imidazole rings is 1. The van der Waals surface area contributed by atoms with E-state index >= 15 is 0 Å². The van der Waals surface area contributed by atoms with Gasteiger partial charge in [0.2, 0.25) is 5.91 Å². The number of aliphatic hydroxyl groups is 1. The van der Waals surface area contributed by atoms with Crippen molar-refractivity contribution in [2.24, 2.45) is 5.92 Å². The molecule has 1 aliphatic rings. The van der Waals surface area contributed by atoms with Crippen molar-refractivity contribution >= 4 is 23.6 Å². The van der Waals surface area contributed by atoms with E-state index in [0.29, 0.717) is 17.3 Å². The monoisotopic (exact) mass is 317 g/mol. The van der Waals surface area contributed by atoms with E-state index in [1.807, 2.05) is 28.9 Å². The number of amides is 1. The van der Waals surface area contributed by atoms with Gasteiger partial charge in [0, 0.05) is 24.2 Å². The average molecular weight is 318 g/mol. The van der Waals surface area contributed by atoms with Gasteiger partial charge < -0.3 is 15.0 Å². The maximum Gasteiger partial charge on any atom is 0.228 e. The summed E-state index contributed by atoms with van der Waals surface area (Å²) >= 11 is 5.91. The van der Waals surface area contributed by atoms with Crippen LogP contribution in [0.4, 0.5) is 0 Å². The standard InChI is InChI=1S/C16H16ClN3O2/c1-18-16(22)11-4-7-14-19-15(13(9-21)20(14)8-11)10-2-5-12(17)6-3-10/h2-7,11,21H,8-9H2,1H3,(H,18,22). The van der Waals surface area contributed by atoms with E-state index in [4.69, 9.17) is 11.6 Å². The summed E-state index contributed by atoms with van der Waals surface area (Å²) in [6.07, 6.45) is 3.66. The summed E-state index contributed by atoms with van der Waals surface area (Å²) in [4.78, 5) is 16.4. The zero-order valence-electron chi connectivity index (χ0n) is 12.1. The third-order valence-electron chi connectivity index (χ3n) is 3.81. The number of halogens is 1. The molecule has 0 saturated carbocycles. The van der Waals surface area contributed by atoms with Gasteiger partial charge in [0.05, 0.1) is 23.9 Å². The van der Waals surface area contributed by atoms with Gasteiger partial charge in [-0.3, -0.25) is 4.79 Å². The van der Waals surface area contributed by atoms with Crippen molar-refractivity contribution in [2.45, 2.75) is 13.2 Å². The molecule has 0 radical (unpaired) electrons. The Hall–Kier alpha value is -2.11. The summed E-state index contributed by atoms with van der Waals surface area (Å²) in [5.74, 6) is 0.441. The van der Waals surface area contributed by atoms with Crippen molar-refractivity contribution in [3.63, 3.8) is 0 Å². The smallest absolute Gasteiger partial charge is 0.228 e. The third-order valence-corrected chi connectivity index (χ3v) is 4.06. The zero-order chi connectivity index (χ0) is 15.7. The highest BCUT2D eigenvalue weighted by atomic mass is 35.5. The highest BCUT2D eigenvalue weighted by Crippen LogP contribution is 2.29. The number of fused-ring (bicyclic) bond motifs is 1. The number of carbonyl (C=O) groups is 1. The van der Waals surface area contributed by atoms with Gasteiger partial charge in [-0.2, -0.15) is 0 Å². The maximum absolute atomic E-state index is 11.8. The number of hydrogen-bond donors (Lipinski definition) is 2. The van der Waals surface area contributed by atoms with Gasteiger partial charge in [0.1, 0.15) is 5.82 Å². The van der Waals surface area contributed by atoms with Crippen LogP contribution >= 0.6 is 11.6 Å². The Labute approximate surface area is 133 Å². The Morgan fingerprint density at radius 1 is 1.45 bits per heavy atom. The molecule has 0 fully saturated rings. The van der Waals surface area contributed by atoms with Gasteiger partial charge in [0.25, 0.3) is 0 Å². The van der Waals surface area contributed by atoms with Crippen LogP contribution in [0, 0.1) is 5.92 Å². The lowest BCUT2D eigenvalue weighted by atomic mass is 10.1. The van der Waals surface area contributed by atoms with Gasteiger partial charge in [-0.1, -0.05) is 29.8 Å². The number of aliphatic hydroxyl groups excluding tert-OH is 1. The van der Waals surface area contributed by atoms with Crippen LogP contribution in [0.1, 0.15) is 11.5 Å². The molecule has 0 spiro atoms. The molecule has 2 heterocycles. The number of benzene rings is 1. The highest BCUT2D eigenvalue weighted by Gasteiger charge is 2.24. The maximum atomic E-state index is 11.8. The Bertz CT molecular complexity index is 735. The molecule has 1 aromatic carbocycles. The predicted octanol–water partition coefficient (Wildman–Crippen LogP) is 2.08. The number of nitrogens with one attached hydrogen (secondary N) is 1. The van der Waals surface area contributed by atoms with Crippen molar-refractivity contribution in [1.82, 2.24) is 14.9 Å². The molecule has 2 N–H and O–H groups in total. The number of hydrogen-bond acceptors (Lipinski definition) is 3. The van der Waals surface area contributed by atoms with E-state index in [9.17, 15) is 9.90 Å². The van der Waals surface area contributed by atoms with E-state index < -0.39 is 0 Å². The lowest BCUT2D eigenvalue weighted by Crippen LogP contribution is -2.31. The van der Waals surface area contributed by atoms with Crippen LogP contribution < -0.4 is 5.32 Å². The Kier molecular flexibility index (Phi) is 4.00. The van der Waals surface area contributed by atoms with Crippen LogP contribution in [-0.2, 0) is 17.9 Å². The Balaban J connectivity index is 2.03. The van der Waals surface area contributed by atoms with Crippen molar-refractivity contribution in [3.05, 3.63) is 46.9 Å². The minimum atomic E-state index is -0.255. The quantitative estimate of drug-likeness (QED) is 0.911. The van der Waals surface area contributed by atoms with E-state index in [1.165, 1.54) is 0 Å².